The summed E-state index contributed by atoms with van der Waals surface area (Å²) in [7, 11) is 5.64. The van der Waals surface area contributed by atoms with E-state index in [-0.39, 0.29) is 11.8 Å². The molecule has 2 radical (unpaired) electrons. The van der Waals surface area contributed by atoms with Gasteiger partial charge in [-0.05, 0) is 18.8 Å². The summed E-state index contributed by atoms with van der Waals surface area (Å²) in [5.41, 5.74) is 0. The van der Waals surface area contributed by atoms with Gasteiger partial charge in [-0.1, -0.05) is 15.9 Å². The second-order valence-electron chi connectivity index (χ2n) is 2.43. The quantitative estimate of drug-likeness (QED) is 0.447. The number of rotatable bonds is 1. The Balaban J connectivity index is 2.46. The first-order valence-electron chi connectivity index (χ1n) is 3.36. The minimum Gasteiger partial charge on any atom is -0.348 e. The molecule has 10 heavy (non-hydrogen) atoms. The van der Waals surface area contributed by atoms with Gasteiger partial charge in [0.05, 0.1) is 13.2 Å². The largest absolute Gasteiger partial charge is 0.348 e. The number of nitrogens with zero attached hydrogens (tertiary/aromatic N) is 1. The van der Waals surface area contributed by atoms with Crippen LogP contribution in [0.5, 0.6) is 0 Å². The summed E-state index contributed by atoms with van der Waals surface area (Å²) in [6, 6.07) is 0. The van der Waals surface area contributed by atoms with E-state index in [1.807, 2.05) is 0 Å². The summed E-state index contributed by atoms with van der Waals surface area (Å²) < 4.78 is 0. The third kappa shape index (κ3) is 1.54. The van der Waals surface area contributed by atoms with Gasteiger partial charge in [0.2, 0.25) is 5.91 Å². The highest BCUT2D eigenvalue weighted by atomic mass is 79.9. The van der Waals surface area contributed by atoms with Gasteiger partial charge in [-0.25, -0.2) is 0 Å². The fourth-order valence-electron chi connectivity index (χ4n) is 1.18. The van der Waals surface area contributed by atoms with Crippen LogP contribution < -0.4 is 0 Å². The molecule has 2 nitrogen and oxygen atoms in total. The van der Waals surface area contributed by atoms with E-state index in [1.165, 1.54) is 0 Å². The molecule has 1 saturated heterocycles. The molecule has 1 aliphatic heterocycles. The molecule has 0 aliphatic carbocycles. The standard InChI is InChI=1S/C6H9BBrNO/c7-5-2-1-3-9(5)6(10)4-8/h5H,1-4H2/t5-/m0/s1. The number of carbonyl (C=O) groups excluding carboxylic acids is 1. The van der Waals surface area contributed by atoms with Crippen molar-refractivity contribution < 1.29 is 4.79 Å². The van der Waals surface area contributed by atoms with E-state index in [4.69, 9.17) is 7.85 Å². The minimum atomic E-state index is -0.0370. The predicted molar refractivity (Wildman–Crippen MR) is 44.3 cm³/mol. The van der Waals surface area contributed by atoms with Crippen LogP contribution in [-0.4, -0.2) is 36.5 Å². The number of hydrogen-bond acceptors (Lipinski definition) is 1. The Bertz CT molecular complexity index is 142. The van der Waals surface area contributed by atoms with Crippen molar-refractivity contribution in [3.05, 3.63) is 0 Å². The van der Waals surface area contributed by atoms with Gasteiger partial charge >= 0.3 is 0 Å². The molecular weight excluding hydrogens is 193 g/mol. The molecule has 0 aromatic carbocycles. The number of hydrogen-bond donors (Lipinski definition) is 0. The Morgan fingerprint density at radius 1 is 1.80 bits per heavy atom. The Hall–Kier alpha value is 0.0149. The second-order valence-corrected chi connectivity index (χ2v) is 2.99. The van der Waals surface area contributed by atoms with Crippen LogP contribution in [0.15, 0.2) is 0 Å². The molecule has 0 saturated carbocycles. The summed E-state index contributed by atoms with van der Waals surface area (Å²) in [5, 5.41) is 0.390. The molecule has 1 fully saturated rings. The van der Waals surface area contributed by atoms with Crippen LogP contribution in [0.4, 0.5) is 0 Å². The maximum absolute atomic E-state index is 11.0. The van der Waals surface area contributed by atoms with Gasteiger partial charge in [-0.15, -0.1) is 0 Å². The third-order valence-electron chi connectivity index (χ3n) is 1.73. The van der Waals surface area contributed by atoms with Gasteiger partial charge in [0.1, 0.15) is 0 Å². The fourth-order valence-corrected chi connectivity index (χ4v) is 1.50. The van der Waals surface area contributed by atoms with E-state index in [0.29, 0.717) is 5.33 Å². The molecule has 0 aromatic heterocycles. The lowest BCUT2D eigenvalue weighted by Gasteiger charge is -2.20. The van der Waals surface area contributed by atoms with E-state index in [1.54, 1.807) is 4.90 Å². The predicted octanol–water partition coefficient (Wildman–Crippen LogP) is 0.498. The maximum Gasteiger partial charge on any atom is 0.232 e. The molecule has 1 rings (SSSR count). The van der Waals surface area contributed by atoms with Crippen molar-refractivity contribution in [1.82, 2.24) is 4.90 Å². The van der Waals surface area contributed by atoms with Crippen LogP contribution in [0.25, 0.3) is 0 Å². The van der Waals surface area contributed by atoms with Crippen LogP contribution in [0.1, 0.15) is 12.8 Å². The Morgan fingerprint density at radius 2 is 2.50 bits per heavy atom. The van der Waals surface area contributed by atoms with Crippen molar-refractivity contribution in [2.45, 2.75) is 18.8 Å². The normalized spacial score (nSPS) is 25.3. The monoisotopic (exact) mass is 201 g/mol. The first-order chi connectivity index (χ1) is 4.75. The molecule has 54 valence electrons. The summed E-state index contributed by atoms with van der Waals surface area (Å²) in [5.74, 6) is 0.0649. The number of likely N-dealkylation sites (tertiary alicyclic amines) is 1. The summed E-state index contributed by atoms with van der Waals surface area (Å²) in [4.78, 5) is 12.7. The lowest BCUT2D eigenvalue weighted by molar-refractivity contribution is -0.127. The zero-order valence-corrected chi connectivity index (χ0v) is 7.30. The summed E-state index contributed by atoms with van der Waals surface area (Å²) in [6.07, 6.45) is 1.98. The first-order valence-corrected chi connectivity index (χ1v) is 4.49. The molecule has 1 amide bonds. The third-order valence-corrected chi connectivity index (χ3v) is 2.21. The number of amides is 1. The summed E-state index contributed by atoms with van der Waals surface area (Å²) in [6.45, 7) is 0.825. The van der Waals surface area contributed by atoms with Crippen molar-refractivity contribution in [2.75, 3.05) is 11.9 Å². The molecule has 1 aliphatic rings. The molecule has 0 bridgehead atoms. The number of halogens is 1. The van der Waals surface area contributed by atoms with Gasteiger partial charge in [-0.2, -0.15) is 0 Å². The van der Waals surface area contributed by atoms with Gasteiger partial charge in [0.25, 0.3) is 0 Å². The molecule has 1 atom stereocenters. The van der Waals surface area contributed by atoms with Crippen molar-refractivity contribution in [3.8, 4) is 0 Å². The average molecular weight is 202 g/mol. The molecule has 0 aromatic rings. The van der Waals surface area contributed by atoms with Gasteiger partial charge in [-0.3, -0.25) is 4.79 Å². The van der Waals surface area contributed by atoms with Crippen LogP contribution in [-0.2, 0) is 4.79 Å². The molecule has 0 N–H and O–H groups in total. The molecule has 0 unspecified atom stereocenters. The maximum atomic E-state index is 11.0. The van der Waals surface area contributed by atoms with Gasteiger partial charge in [0.15, 0.2) is 0 Å². The lowest BCUT2D eigenvalue weighted by atomic mass is 9.94. The van der Waals surface area contributed by atoms with Crippen molar-refractivity contribution in [2.24, 2.45) is 0 Å². The van der Waals surface area contributed by atoms with Crippen LogP contribution in [0.2, 0.25) is 0 Å². The topological polar surface area (TPSA) is 20.3 Å². The highest BCUT2D eigenvalue weighted by Crippen LogP contribution is 2.14. The zero-order chi connectivity index (χ0) is 7.56. The second kappa shape index (κ2) is 3.42. The lowest BCUT2D eigenvalue weighted by Crippen LogP contribution is -2.36. The highest BCUT2D eigenvalue weighted by molar-refractivity contribution is 9.09. The average Bonchev–Trinajstić information content (AvgIpc) is 2.34. The van der Waals surface area contributed by atoms with E-state index in [2.05, 4.69) is 15.9 Å². The fraction of sp³-hybridized carbons (Fsp3) is 0.833. The van der Waals surface area contributed by atoms with Crippen LogP contribution >= 0.6 is 15.9 Å². The molecule has 1 heterocycles. The first kappa shape index (κ1) is 8.11. The van der Waals surface area contributed by atoms with E-state index in [0.717, 1.165) is 19.4 Å². The van der Waals surface area contributed by atoms with E-state index >= 15 is 0 Å². The van der Waals surface area contributed by atoms with E-state index in [9.17, 15) is 4.79 Å². The highest BCUT2D eigenvalue weighted by Gasteiger charge is 2.23. The smallest absolute Gasteiger partial charge is 0.232 e. The Kier molecular flexibility index (Phi) is 2.77. The van der Waals surface area contributed by atoms with Crippen molar-refractivity contribution in [3.63, 3.8) is 0 Å². The van der Waals surface area contributed by atoms with Gasteiger partial charge in [0, 0.05) is 6.54 Å². The van der Waals surface area contributed by atoms with Crippen LogP contribution in [0.3, 0.4) is 0 Å². The summed E-state index contributed by atoms with van der Waals surface area (Å²) >= 11 is 3.11. The van der Waals surface area contributed by atoms with E-state index < -0.39 is 0 Å². The molecular formula is C6H9BBrNO. The van der Waals surface area contributed by atoms with Gasteiger partial charge < -0.3 is 4.90 Å². The number of carbonyl (C=O) groups is 1. The zero-order valence-electron chi connectivity index (χ0n) is 5.72. The SMILES string of the molecule is [B][C@@H]1CCCN1C(=O)CBr. The minimum absolute atomic E-state index is 0.0370. The molecule has 0 spiro atoms. The Morgan fingerprint density at radius 3 is 2.90 bits per heavy atom. The van der Waals surface area contributed by atoms with Crippen LogP contribution in [0, 0.1) is 0 Å². The Labute approximate surface area is 70.5 Å². The van der Waals surface area contributed by atoms with Crippen molar-refractivity contribution in [1.29, 1.82) is 0 Å². The van der Waals surface area contributed by atoms with Crippen molar-refractivity contribution >= 4 is 29.7 Å². The molecule has 4 heteroatoms. The number of alkyl halides is 1.